The molecule has 0 aliphatic heterocycles. The minimum absolute atomic E-state index is 0.0553. The molecular formula is C19H17N3O7. The molecule has 1 aromatic heterocycles. The average molecular weight is 399 g/mol. The number of methoxy groups -OCH3 is 2. The van der Waals surface area contributed by atoms with E-state index in [1.54, 1.807) is 0 Å². The number of nitro groups is 1. The molecule has 0 atom stereocenters. The highest BCUT2D eigenvalue weighted by molar-refractivity contribution is 5.95. The van der Waals surface area contributed by atoms with Gasteiger partial charge in [0.15, 0.2) is 18.1 Å². The monoisotopic (exact) mass is 399 g/mol. The molecule has 1 heterocycles. The summed E-state index contributed by atoms with van der Waals surface area (Å²) in [5.41, 5.74) is 0.979. The fourth-order valence-corrected chi connectivity index (χ4v) is 2.63. The molecule has 0 spiro atoms. The number of carbonyl (C=O) groups is 1. The number of nitro benzene ring substituents is 1. The molecule has 0 saturated heterocycles. The molecule has 0 unspecified atom stereocenters. The molecule has 10 nitrogen and oxygen atoms in total. The van der Waals surface area contributed by atoms with Crippen LogP contribution in [0.15, 0.2) is 40.9 Å². The predicted octanol–water partition coefficient (Wildman–Crippen LogP) is 3.33. The fraction of sp³-hybridized carbons (Fsp3) is 0.211. The Hall–Kier alpha value is -3.95. The van der Waals surface area contributed by atoms with Crippen LogP contribution in [0.4, 0.5) is 5.69 Å². The summed E-state index contributed by atoms with van der Waals surface area (Å²) in [4.78, 5) is 27.2. The van der Waals surface area contributed by atoms with Crippen LogP contribution in [0.1, 0.15) is 21.8 Å². The van der Waals surface area contributed by atoms with Gasteiger partial charge in [-0.1, -0.05) is 29.4 Å². The maximum absolute atomic E-state index is 12.4. The summed E-state index contributed by atoms with van der Waals surface area (Å²) in [5.74, 6) is -0.250. The zero-order valence-corrected chi connectivity index (χ0v) is 15.9. The number of aryl methyl sites for hydroxylation is 1. The van der Waals surface area contributed by atoms with Gasteiger partial charge >= 0.3 is 5.97 Å². The lowest BCUT2D eigenvalue weighted by atomic mass is 10.1. The van der Waals surface area contributed by atoms with Gasteiger partial charge < -0.3 is 18.7 Å². The van der Waals surface area contributed by atoms with Crippen molar-refractivity contribution in [2.45, 2.75) is 13.5 Å². The molecule has 0 bridgehead atoms. The number of rotatable bonds is 7. The molecule has 0 saturated carbocycles. The quantitative estimate of drug-likeness (QED) is 0.334. The third-order valence-corrected chi connectivity index (χ3v) is 4.10. The number of benzene rings is 2. The molecule has 0 fully saturated rings. The van der Waals surface area contributed by atoms with E-state index in [1.165, 1.54) is 20.3 Å². The first-order valence-electron chi connectivity index (χ1n) is 8.40. The van der Waals surface area contributed by atoms with E-state index in [1.807, 2.05) is 31.2 Å². The van der Waals surface area contributed by atoms with Gasteiger partial charge in [-0.15, -0.1) is 0 Å². The Morgan fingerprint density at radius 3 is 2.52 bits per heavy atom. The summed E-state index contributed by atoms with van der Waals surface area (Å²) in [6.07, 6.45) is 0. The van der Waals surface area contributed by atoms with Gasteiger partial charge in [0.05, 0.1) is 25.2 Å². The van der Waals surface area contributed by atoms with E-state index >= 15 is 0 Å². The summed E-state index contributed by atoms with van der Waals surface area (Å²) in [5, 5.41) is 15.2. The third-order valence-electron chi connectivity index (χ3n) is 4.10. The third kappa shape index (κ3) is 4.15. The normalized spacial score (nSPS) is 10.4. The van der Waals surface area contributed by atoms with E-state index in [-0.39, 0.29) is 29.6 Å². The first-order chi connectivity index (χ1) is 13.9. The van der Waals surface area contributed by atoms with Gasteiger partial charge in [-0.25, -0.2) is 4.79 Å². The maximum atomic E-state index is 12.4. The van der Waals surface area contributed by atoms with Crippen LogP contribution in [-0.4, -0.2) is 35.3 Å². The van der Waals surface area contributed by atoms with E-state index < -0.39 is 16.6 Å². The zero-order chi connectivity index (χ0) is 21.0. The number of ether oxygens (including phenoxy) is 3. The van der Waals surface area contributed by atoms with Crippen LogP contribution >= 0.6 is 0 Å². The highest BCUT2D eigenvalue weighted by Crippen LogP contribution is 2.35. The topological polar surface area (TPSA) is 127 Å². The molecule has 29 heavy (non-hydrogen) atoms. The first-order valence-corrected chi connectivity index (χ1v) is 8.40. The van der Waals surface area contributed by atoms with Gasteiger partial charge in [-0.05, 0) is 12.5 Å². The Bertz CT molecular complexity index is 1060. The van der Waals surface area contributed by atoms with Crippen molar-refractivity contribution in [2.24, 2.45) is 0 Å². The summed E-state index contributed by atoms with van der Waals surface area (Å²) in [7, 11) is 2.69. The lowest BCUT2D eigenvalue weighted by molar-refractivity contribution is -0.385. The predicted molar refractivity (Wildman–Crippen MR) is 99.8 cm³/mol. The van der Waals surface area contributed by atoms with Crippen LogP contribution in [0, 0.1) is 17.0 Å². The van der Waals surface area contributed by atoms with Crippen LogP contribution in [0.2, 0.25) is 0 Å². The van der Waals surface area contributed by atoms with Crippen molar-refractivity contribution >= 4 is 11.7 Å². The molecule has 0 aliphatic rings. The van der Waals surface area contributed by atoms with Crippen LogP contribution < -0.4 is 9.47 Å². The Labute approximate surface area is 165 Å². The SMILES string of the molecule is COc1cc(C(=O)OCc2nc(-c3ccccc3C)no2)c([N+](=O)[O-])cc1OC. The number of carbonyl (C=O) groups excluding carboxylic acids is 1. The van der Waals surface area contributed by atoms with E-state index in [4.69, 9.17) is 18.7 Å². The van der Waals surface area contributed by atoms with Crippen LogP contribution in [0.25, 0.3) is 11.4 Å². The first kappa shape index (κ1) is 19.8. The molecule has 0 radical (unpaired) electrons. The minimum atomic E-state index is -0.937. The highest BCUT2D eigenvalue weighted by Gasteiger charge is 2.26. The number of aromatic nitrogens is 2. The number of esters is 1. The van der Waals surface area contributed by atoms with E-state index in [2.05, 4.69) is 10.1 Å². The van der Waals surface area contributed by atoms with Gasteiger partial charge in [-0.3, -0.25) is 10.1 Å². The Balaban J connectivity index is 1.79. The number of hydrogen-bond acceptors (Lipinski definition) is 9. The molecule has 0 N–H and O–H groups in total. The number of hydrogen-bond donors (Lipinski definition) is 0. The summed E-state index contributed by atoms with van der Waals surface area (Å²) < 4.78 is 20.3. The molecular weight excluding hydrogens is 382 g/mol. The van der Waals surface area contributed by atoms with Crippen molar-refractivity contribution in [3.63, 3.8) is 0 Å². The van der Waals surface area contributed by atoms with Crippen molar-refractivity contribution in [2.75, 3.05) is 14.2 Å². The summed E-state index contributed by atoms with van der Waals surface area (Å²) in [6, 6.07) is 9.75. The van der Waals surface area contributed by atoms with Crippen LogP contribution in [-0.2, 0) is 11.3 Å². The van der Waals surface area contributed by atoms with Crippen molar-refractivity contribution in [1.29, 1.82) is 0 Å². The highest BCUT2D eigenvalue weighted by atomic mass is 16.6. The average Bonchev–Trinajstić information content (AvgIpc) is 3.19. The molecule has 150 valence electrons. The summed E-state index contributed by atoms with van der Waals surface area (Å²) in [6.45, 7) is 1.56. The Kier molecular flexibility index (Phi) is 5.72. The van der Waals surface area contributed by atoms with Gasteiger partial charge in [0.1, 0.15) is 5.56 Å². The Morgan fingerprint density at radius 2 is 1.86 bits per heavy atom. The van der Waals surface area contributed by atoms with Gasteiger partial charge in [0.25, 0.3) is 11.6 Å². The standard InChI is InChI=1S/C19H17N3O7/c1-11-6-4-5-7-12(11)18-20-17(29-21-18)10-28-19(23)13-8-15(26-2)16(27-3)9-14(13)22(24)25/h4-9H,10H2,1-3H3. The lowest BCUT2D eigenvalue weighted by Crippen LogP contribution is -2.09. The van der Waals surface area contributed by atoms with E-state index in [0.29, 0.717) is 5.82 Å². The van der Waals surface area contributed by atoms with Gasteiger partial charge in [-0.2, -0.15) is 4.98 Å². The van der Waals surface area contributed by atoms with Crippen molar-refractivity contribution in [3.05, 3.63) is 63.5 Å². The van der Waals surface area contributed by atoms with Crippen molar-refractivity contribution in [3.8, 4) is 22.9 Å². The van der Waals surface area contributed by atoms with Crippen molar-refractivity contribution < 1.29 is 28.5 Å². The molecule has 3 rings (SSSR count). The number of nitrogens with zero attached hydrogens (tertiary/aromatic N) is 3. The summed E-state index contributed by atoms with van der Waals surface area (Å²) >= 11 is 0. The van der Waals surface area contributed by atoms with Crippen LogP contribution in [0.5, 0.6) is 11.5 Å². The molecule has 0 amide bonds. The molecule has 10 heteroatoms. The molecule has 2 aromatic carbocycles. The smallest absolute Gasteiger partial charge is 0.345 e. The second kappa shape index (κ2) is 8.38. The fourth-order valence-electron chi connectivity index (χ4n) is 2.63. The van der Waals surface area contributed by atoms with Gasteiger partial charge in [0.2, 0.25) is 5.82 Å². The second-order valence-corrected chi connectivity index (χ2v) is 5.88. The van der Waals surface area contributed by atoms with Crippen LogP contribution in [0.3, 0.4) is 0 Å². The van der Waals surface area contributed by atoms with E-state index in [9.17, 15) is 14.9 Å². The maximum Gasteiger partial charge on any atom is 0.345 e. The van der Waals surface area contributed by atoms with Gasteiger partial charge in [0, 0.05) is 11.6 Å². The van der Waals surface area contributed by atoms with Crippen molar-refractivity contribution in [1.82, 2.24) is 10.1 Å². The zero-order valence-electron chi connectivity index (χ0n) is 15.9. The molecule has 3 aromatic rings. The Morgan fingerprint density at radius 1 is 1.17 bits per heavy atom. The second-order valence-electron chi connectivity index (χ2n) is 5.88. The van der Waals surface area contributed by atoms with E-state index in [0.717, 1.165) is 17.2 Å². The lowest BCUT2D eigenvalue weighted by Gasteiger charge is -2.10. The largest absolute Gasteiger partial charge is 0.493 e. The molecule has 0 aliphatic carbocycles. The minimum Gasteiger partial charge on any atom is -0.493 e.